The summed E-state index contributed by atoms with van der Waals surface area (Å²) >= 11 is 0. The van der Waals surface area contributed by atoms with Crippen LogP contribution in [-0.4, -0.2) is 45.1 Å². The van der Waals surface area contributed by atoms with Crippen molar-refractivity contribution >= 4 is 11.8 Å². The van der Waals surface area contributed by atoms with Gasteiger partial charge in [-0.3, -0.25) is 14.3 Å². The molecule has 0 bridgehead atoms. The minimum Gasteiger partial charge on any atom is -0.351 e. The summed E-state index contributed by atoms with van der Waals surface area (Å²) in [6, 6.07) is 2.28. The first kappa shape index (κ1) is 17.0. The number of aromatic nitrogens is 2. The molecule has 1 N–H and O–H groups in total. The van der Waals surface area contributed by atoms with E-state index in [0.717, 1.165) is 18.5 Å². The smallest absolute Gasteiger partial charge is 0.225 e. The van der Waals surface area contributed by atoms with Crippen molar-refractivity contribution in [1.82, 2.24) is 20.0 Å². The summed E-state index contributed by atoms with van der Waals surface area (Å²) in [5.74, 6) is 0.209. The molecule has 0 radical (unpaired) electrons. The number of carbonyl (C=O) groups excluding carboxylic acids is 2. The third kappa shape index (κ3) is 4.16. The summed E-state index contributed by atoms with van der Waals surface area (Å²) < 4.78 is 1.83. The number of rotatable bonds is 5. The van der Waals surface area contributed by atoms with E-state index in [9.17, 15) is 9.59 Å². The van der Waals surface area contributed by atoms with Crippen molar-refractivity contribution in [1.29, 1.82) is 0 Å². The van der Waals surface area contributed by atoms with Crippen LogP contribution >= 0.6 is 0 Å². The number of nitrogens with one attached hydrogen (secondary N) is 1. The van der Waals surface area contributed by atoms with Gasteiger partial charge in [0.15, 0.2) is 0 Å². The summed E-state index contributed by atoms with van der Waals surface area (Å²) in [7, 11) is 0. The largest absolute Gasteiger partial charge is 0.351 e. The molecule has 1 aromatic rings. The summed E-state index contributed by atoms with van der Waals surface area (Å²) in [6.45, 7) is 3.23. The minimum atomic E-state index is -0.0352. The molecule has 1 aliphatic carbocycles. The third-order valence-electron chi connectivity index (χ3n) is 5.27. The molecule has 2 amide bonds. The van der Waals surface area contributed by atoms with Crippen LogP contribution in [0.3, 0.4) is 0 Å². The first-order valence-corrected chi connectivity index (χ1v) is 9.21. The predicted octanol–water partition coefficient (Wildman–Crippen LogP) is 2.02. The maximum absolute atomic E-state index is 12.3. The highest BCUT2D eigenvalue weighted by molar-refractivity contribution is 5.82. The van der Waals surface area contributed by atoms with Gasteiger partial charge in [-0.2, -0.15) is 5.10 Å². The average Bonchev–Trinajstić information content (AvgIpc) is 3.01. The lowest BCUT2D eigenvalue weighted by Crippen LogP contribution is -2.40. The van der Waals surface area contributed by atoms with Gasteiger partial charge in [0.1, 0.15) is 0 Å². The maximum atomic E-state index is 12.3. The van der Waals surface area contributed by atoms with Crippen LogP contribution in [0.1, 0.15) is 57.1 Å². The molecular weight excluding hydrogens is 304 g/mol. The monoisotopic (exact) mass is 332 g/mol. The Kier molecular flexibility index (Phi) is 5.53. The molecule has 2 fully saturated rings. The molecule has 132 valence electrons. The first-order chi connectivity index (χ1) is 11.6. The molecule has 0 spiro atoms. The molecule has 1 saturated heterocycles. The minimum absolute atomic E-state index is 0.00502. The van der Waals surface area contributed by atoms with Gasteiger partial charge < -0.3 is 10.2 Å². The Morgan fingerprint density at radius 2 is 2.04 bits per heavy atom. The Hall–Kier alpha value is -1.85. The van der Waals surface area contributed by atoms with E-state index in [0.29, 0.717) is 32.0 Å². The van der Waals surface area contributed by atoms with Crippen LogP contribution in [0.2, 0.25) is 0 Å². The average molecular weight is 332 g/mol. The molecule has 6 nitrogen and oxygen atoms in total. The Morgan fingerprint density at radius 3 is 2.71 bits per heavy atom. The van der Waals surface area contributed by atoms with E-state index in [1.165, 1.54) is 25.7 Å². The molecular formula is C18H28N4O2. The fourth-order valence-electron chi connectivity index (χ4n) is 3.89. The van der Waals surface area contributed by atoms with Crippen molar-refractivity contribution in [2.24, 2.45) is 0 Å². The number of aryl methyl sites for hydroxylation is 2. The van der Waals surface area contributed by atoms with Crippen molar-refractivity contribution in [3.8, 4) is 0 Å². The van der Waals surface area contributed by atoms with Crippen LogP contribution in [0.4, 0.5) is 0 Å². The van der Waals surface area contributed by atoms with Gasteiger partial charge in [0.05, 0.1) is 6.04 Å². The summed E-state index contributed by atoms with van der Waals surface area (Å²) in [4.78, 5) is 26.5. The molecule has 2 aliphatic rings. The second-order valence-electron chi connectivity index (χ2n) is 7.11. The maximum Gasteiger partial charge on any atom is 0.225 e. The van der Waals surface area contributed by atoms with E-state index >= 15 is 0 Å². The topological polar surface area (TPSA) is 67.2 Å². The summed E-state index contributed by atoms with van der Waals surface area (Å²) in [6.07, 6.45) is 9.82. The van der Waals surface area contributed by atoms with E-state index in [4.69, 9.17) is 0 Å². The third-order valence-corrected chi connectivity index (χ3v) is 5.27. The second kappa shape index (κ2) is 7.81. The molecule has 0 unspecified atom stereocenters. The SMILES string of the molecule is Cc1ccnn1CCC(=O)N[C@H]1CC(=O)N(C2CCCCCC2)C1. The summed E-state index contributed by atoms with van der Waals surface area (Å²) in [5.41, 5.74) is 1.05. The number of amides is 2. The number of nitrogens with zero attached hydrogens (tertiary/aromatic N) is 3. The van der Waals surface area contributed by atoms with Gasteiger partial charge in [0.25, 0.3) is 0 Å². The Balaban J connectivity index is 1.46. The molecule has 0 aromatic carbocycles. The summed E-state index contributed by atoms with van der Waals surface area (Å²) in [5, 5.41) is 7.22. The van der Waals surface area contributed by atoms with E-state index in [1.54, 1.807) is 6.20 Å². The highest BCUT2D eigenvalue weighted by atomic mass is 16.2. The lowest BCUT2D eigenvalue weighted by atomic mass is 10.1. The fourth-order valence-corrected chi connectivity index (χ4v) is 3.89. The zero-order valence-electron chi connectivity index (χ0n) is 14.5. The van der Waals surface area contributed by atoms with E-state index in [1.807, 2.05) is 22.6 Å². The van der Waals surface area contributed by atoms with Gasteiger partial charge in [-0.25, -0.2) is 0 Å². The van der Waals surface area contributed by atoms with Crippen LogP contribution in [-0.2, 0) is 16.1 Å². The van der Waals surface area contributed by atoms with Gasteiger partial charge in [-0.15, -0.1) is 0 Å². The van der Waals surface area contributed by atoms with Crippen LogP contribution in [0.15, 0.2) is 12.3 Å². The van der Waals surface area contributed by atoms with E-state index in [-0.39, 0.29) is 17.9 Å². The number of likely N-dealkylation sites (tertiary alicyclic amines) is 1. The van der Waals surface area contributed by atoms with Gasteiger partial charge in [0.2, 0.25) is 11.8 Å². The zero-order chi connectivity index (χ0) is 16.9. The van der Waals surface area contributed by atoms with E-state index < -0.39 is 0 Å². The lowest BCUT2D eigenvalue weighted by molar-refractivity contribution is -0.129. The molecule has 1 aliphatic heterocycles. The standard InChI is InChI=1S/C18H28N4O2/c1-14-8-10-19-22(14)11-9-17(23)20-15-12-18(24)21(13-15)16-6-4-2-3-5-7-16/h8,10,15-16H,2-7,9,11-13H2,1H3,(H,20,23)/t15-/m0/s1. The van der Waals surface area contributed by atoms with Crippen molar-refractivity contribution in [2.45, 2.75) is 76.9 Å². The molecule has 2 heterocycles. The van der Waals surface area contributed by atoms with E-state index in [2.05, 4.69) is 10.4 Å². The van der Waals surface area contributed by atoms with Crippen molar-refractivity contribution < 1.29 is 9.59 Å². The van der Waals surface area contributed by atoms with Crippen molar-refractivity contribution in [3.63, 3.8) is 0 Å². The Labute approximate surface area is 143 Å². The zero-order valence-corrected chi connectivity index (χ0v) is 14.5. The van der Waals surface area contributed by atoms with Crippen molar-refractivity contribution in [2.75, 3.05) is 6.54 Å². The van der Waals surface area contributed by atoms with Gasteiger partial charge in [-0.1, -0.05) is 25.7 Å². The fraction of sp³-hybridized carbons (Fsp3) is 0.722. The highest BCUT2D eigenvalue weighted by Gasteiger charge is 2.34. The quantitative estimate of drug-likeness (QED) is 0.839. The number of carbonyl (C=O) groups is 2. The normalized spacial score (nSPS) is 22.6. The number of hydrogen-bond acceptors (Lipinski definition) is 3. The Bertz CT molecular complexity index is 575. The van der Waals surface area contributed by atoms with Crippen LogP contribution in [0.5, 0.6) is 0 Å². The van der Waals surface area contributed by atoms with Gasteiger partial charge >= 0.3 is 0 Å². The van der Waals surface area contributed by atoms with Crippen LogP contribution in [0, 0.1) is 6.92 Å². The highest BCUT2D eigenvalue weighted by Crippen LogP contribution is 2.25. The molecule has 24 heavy (non-hydrogen) atoms. The lowest BCUT2D eigenvalue weighted by Gasteiger charge is -2.27. The predicted molar refractivity (Wildman–Crippen MR) is 91.3 cm³/mol. The molecule has 6 heteroatoms. The first-order valence-electron chi connectivity index (χ1n) is 9.21. The van der Waals surface area contributed by atoms with Crippen LogP contribution < -0.4 is 5.32 Å². The molecule has 1 atom stereocenters. The molecule has 3 rings (SSSR count). The van der Waals surface area contributed by atoms with Gasteiger partial charge in [0, 0.05) is 43.9 Å². The number of hydrogen-bond donors (Lipinski definition) is 1. The van der Waals surface area contributed by atoms with Gasteiger partial charge in [-0.05, 0) is 25.8 Å². The van der Waals surface area contributed by atoms with Crippen molar-refractivity contribution in [3.05, 3.63) is 18.0 Å². The molecule has 1 saturated carbocycles. The second-order valence-corrected chi connectivity index (χ2v) is 7.11. The van der Waals surface area contributed by atoms with Crippen LogP contribution in [0.25, 0.3) is 0 Å². The molecule has 1 aromatic heterocycles. The Morgan fingerprint density at radius 1 is 1.29 bits per heavy atom.